The summed E-state index contributed by atoms with van der Waals surface area (Å²) in [6, 6.07) is 0. The van der Waals surface area contributed by atoms with Crippen LogP contribution in [-0.2, 0) is 0 Å². The molecule has 1 rings (SSSR count). The summed E-state index contributed by atoms with van der Waals surface area (Å²) in [4.78, 5) is 0. The zero-order chi connectivity index (χ0) is 10.8. The van der Waals surface area contributed by atoms with Gasteiger partial charge in [0.1, 0.15) is 0 Å². The first-order valence-electron chi connectivity index (χ1n) is 5.87. The van der Waals surface area contributed by atoms with Gasteiger partial charge in [-0.05, 0) is 55.5 Å². The van der Waals surface area contributed by atoms with E-state index < -0.39 is 0 Å². The standard InChI is InChI=1S/C12H26N2/c1-12(2,3)11-5-9(7-13)4-10(6-11)8-14/h9-11H,4-8,13-14H2,1-3H3. The molecule has 0 radical (unpaired) electrons. The van der Waals surface area contributed by atoms with Crippen molar-refractivity contribution in [1.82, 2.24) is 0 Å². The average molecular weight is 198 g/mol. The summed E-state index contributed by atoms with van der Waals surface area (Å²) >= 11 is 0. The fourth-order valence-corrected chi connectivity index (χ4v) is 2.66. The molecule has 84 valence electrons. The fraction of sp³-hybridized carbons (Fsp3) is 1.00. The highest BCUT2D eigenvalue weighted by atomic mass is 14.6. The molecular weight excluding hydrogens is 172 g/mol. The van der Waals surface area contributed by atoms with Gasteiger partial charge in [0.25, 0.3) is 0 Å². The van der Waals surface area contributed by atoms with Gasteiger partial charge >= 0.3 is 0 Å². The normalized spacial score (nSPS) is 34.5. The Morgan fingerprint density at radius 3 is 1.64 bits per heavy atom. The van der Waals surface area contributed by atoms with Crippen molar-refractivity contribution in [1.29, 1.82) is 0 Å². The van der Waals surface area contributed by atoms with E-state index in [0.717, 1.165) is 19.0 Å². The summed E-state index contributed by atoms with van der Waals surface area (Å²) in [7, 11) is 0. The molecule has 0 aliphatic heterocycles. The number of rotatable bonds is 2. The smallest absolute Gasteiger partial charge is 0.00486 e. The molecule has 0 saturated heterocycles. The Kier molecular flexibility index (Phi) is 3.96. The zero-order valence-corrected chi connectivity index (χ0v) is 9.92. The van der Waals surface area contributed by atoms with Gasteiger partial charge in [0.05, 0.1) is 0 Å². The minimum absolute atomic E-state index is 0.418. The minimum atomic E-state index is 0.418. The van der Waals surface area contributed by atoms with E-state index in [9.17, 15) is 0 Å². The first kappa shape index (κ1) is 12.0. The van der Waals surface area contributed by atoms with Crippen molar-refractivity contribution in [2.45, 2.75) is 40.0 Å². The van der Waals surface area contributed by atoms with E-state index in [1.54, 1.807) is 0 Å². The third-order valence-corrected chi connectivity index (χ3v) is 3.79. The molecule has 1 aliphatic carbocycles. The molecule has 14 heavy (non-hydrogen) atoms. The highest BCUT2D eigenvalue weighted by molar-refractivity contribution is 4.85. The quantitative estimate of drug-likeness (QED) is 0.713. The Morgan fingerprint density at radius 2 is 1.36 bits per heavy atom. The second-order valence-electron chi connectivity index (χ2n) is 5.97. The molecule has 2 unspecified atom stereocenters. The maximum absolute atomic E-state index is 5.78. The highest BCUT2D eigenvalue weighted by Gasteiger charge is 2.33. The number of hydrogen-bond donors (Lipinski definition) is 2. The van der Waals surface area contributed by atoms with Crippen LogP contribution in [0.25, 0.3) is 0 Å². The lowest BCUT2D eigenvalue weighted by Gasteiger charge is -2.41. The van der Waals surface area contributed by atoms with Crippen LogP contribution in [0.5, 0.6) is 0 Å². The van der Waals surface area contributed by atoms with Crippen molar-refractivity contribution in [3.8, 4) is 0 Å². The molecule has 0 aromatic carbocycles. The maximum Gasteiger partial charge on any atom is -0.00486 e. The van der Waals surface area contributed by atoms with Gasteiger partial charge in [0, 0.05) is 0 Å². The molecule has 2 heteroatoms. The molecule has 1 fully saturated rings. The molecule has 4 N–H and O–H groups in total. The predicted molar refractivity (Wildman–Crippen MR) is 61.9 cm³/mol. The number of hydrogen-bond acceptors (Lipinski definition) is 2. The molecule has 0 aromatic heterocycles. The van der Waals surface area contributed by atoms with Crippen LogP contribution in [0.2, 0.25) is 0 Å². The van der Waals surface area contributed by atoms with E-state index in [1.165, 1.54) is 19.3 Å². The van der Waals surface area contributed by atoms with E-state index in [-0.39, 0.29) is 0 Å². The molecule has 2 atom stereocenters. The van der Waals surface area contributed by atoms with E-state index in [4.69, 9.17) is 11.5 Å². The summed E-state index contributed by atoms with van der Waals surface area (Å²) in [5, 5.41) is 0. The molecule has 1 aliphatic rings. The summed E-state index contributed by atoms with van der Waals surface area (Å²) < 4.78 is 0. The molecule has 0 amide bonds. The van der Waals surface area contributed by atoms with Gasteiger partial charge in [0.2, 0.25) is 0 Å². The summed E-state index contributed by atoms with van der Waals surface area (Å²) in [6.07, 6.45) is 3.85. The molecule has 0 aromatic rings. The van der Waals surface area contributed by atoms with Gasteiger partial charge in [-0.15, -0.1) is 0 Å². The third kappa shape index (κ3) is 2.96. The Bertz CT molecular complexity index is 160. The Balaban J connectivity index is 2.60. The van der Waals surface area contributed by atoms with E-state index >= 15 is 0 Å². The van der Waals surface area contributed by atoms with E-state index in [1.807, 2.05) is 0 Å². The minimum Gasteiger partial charge on any atom is -0.330 e. The number of nitrogens with two attached hydrogens (primary N) is 2. The zero-order valence-electron chi connectivity index (χ0n) is 9.92. The second-order valence-corrected chi connectivity index (χ2v) is 5.97. The molecular formula is C12H26N2. The molecule has 2 nitrogen and oxygen atoms in total. The highest BCUT2D eigenvalue weighted by Crippen LogP contribution is 2.42. The fourth-order valence-electron chi connectivity index (χ4n) is 2.66. The largest absolute Gasteiger partial charge is 0.330 e. The van der Waals surface area contributed by atoms with Gasteiger partial charge in [-0.3, -0.25) is 0 Å². The summed E-state index contributed by atoms with van der Waals surface area (Å²) in [5.41, 5.74) is 12.0. The SMILES string of the molecule is CC(C)(C)C1CC(CN)CC(CN)C1. The third-order valence-electron chi connectivity index (χ3n) is 3.79. The van der Waals surface area contributed by atoms with Gasteiger partial charge in [-0.25, -0.2) is 0 Å². The van der Waals surface area contributed by atoms with Crippen LogP contribution in [0.3, 0.4) is 0 Å². The second kappa shape index (κ2) is 4.63. The van der Waals surface area contributed by atoms with Crippen LogP contribution < -0.4 is 11.5 Å². The van der Waals surface area contributed by atoms with Crippen LogP contribution in [0.1, 0.15) is 40.0 Å². The lowest BCUT2D eigenvalue weighted by molar-refractivity contribution is 0.107. The van der Waals surface area contributed by atoms with Gasteiger partial charge in [0.15, 0.2) is 0 Å². The van der Waals surface area contributed by atoms with Crippen molar-refractivity contribution in [2.75, 3.05) is 13.1 Å². The first-order chi connectivity index (χ1) is 6.47. The Labute approximate surface area is 88.4 Å². The van der Waals surface area contributed by atoms with Crippen molar-refractivity contribution in [2.24, 2.45) is 34.6 Å². The van der Waals surface area contributed by atoms with Crippen molar-refractivity contribution < 1.29 is 0 Å². The topological polar surface area (TPSA) is 52.0 Å². The monoisotopic (exact) mass is 198 g/mol. The van der Waals surface area contributed by atoms with Crippen LogP contribution in [0.4, 0.5) is 0 Å². The van der Waals surface area contributed by atoms with E-state index in [0.29, 0.717) is 17.3 Å². The van der Waals surface area contributed by atoms with Crippen LogP contribution in [-0.4, -0.2) is 13.1 Å². The first-order valence-corrected chi connectivity index (χ1v) is 5.87. The Morgan fingerprint density at radius 1 is 0.929 bits per heavy atom. The van der Waals surface area contributed by atoms with Gasteiger partial charge < -0.3 is 11.5 Å². The molecule has 0 spiro atoms. The van der Waals surface area contributed by atoms with Crippen LogP contribution in [0, 0.1) is 23.2 Å². The lowest BCUT2D eigenvalue weighted by Crippen LogP contribution is -2.36. The van der Waals surface area contributed by atoms with Gasteiger partial charge in [-0.2, -0.15) is 0 Å². The lowest BCUT2D eigenvalue weighted by atomic mass is 9.66. The van der Waals surface area contributed by atoms with Crippen molar-refractivity contribution >= 4 is 0 Å². The Hall–Kier alpha value is -0.0800. The van der Waals surface area contributed by atoms with Crippen molar-refractivity contribution in [3.05, 3.63) is 0 Å². The van der Waals surface area contributed by atoms with Crippen LogP contribution >= 0.6 is 0 Å². The summed E-state index contributed by atoms with van der Waals surface area (Å²) in [6.45, 7) is 8.69. The summed E-state index contributed by atoms with van der Waals surface area (Å²) in [5.74, 6) is 2.22. The maximum atomic E-state index is 5.78. The average Bonchev–Trinajstić information content (AvgIpc) is 2.15. The predicted octanol–water partition coefficient (Wildman–Crippen LogP) is 1.98. The molecule has 0 bridgehead atoms. The van der Waals surface area contributed by atoms with Crippen LogP contribution in [0.15, 0.2) is 0 Å². The molecule has 0 heterocycles. The van der Waals surface area contributed by atoms with Crippen molar-refractivity contribution in [3.63, 3.8) is 0 Å². The molecule has 1 saturated carbocycles. The van der Waals surface area contributed by atoms with Gasteiger partial charge in [-0.1, -0.05) is 20.8 Å². The van der Waals surface area contributed by atoms with E-state index in [2.05, 4.69) is 20.8 Å².